The van der Waals surface area contributed by atoms with Crippen LogP contribution < -0.4 is 10.0 Å². The van der Waals surface area contributed by atoms with Crippen LogP contribution in [0.4, 0.5) is 0 Å². The molecule has 19 heavy (non-hydrogen) atoms. The number of hydrogen-bond acceptors (Lipinski definition) is 3. The van der Waals surface area contributed by atoms with Crippen molar-refractivity contribution < 1.29 is 8.42 Å². The Bertz CT molecular complexity index is 553. The van der Waals surface area contributed by atoms with Crippen LogP contribution in [0.5, 0.6) is 0 Å². The van der Waals surface area contributed by atoms with Gasteiger partial charge in [-0.05, 0) is 30.5 Å². The van der Waals surface area contributed by atoms with E-state index in [0.29, 0.717) is 13.1 Å². The summed E-state index contributed by atoms with van der Waals surface area (Å²) in [5.74, 6) is 0. The van der Waals surface area contributed by atoms with E-state index in [9.17, 15) is 8.42 Å². The Labute approximate surface area is 114 Å². The standard InChI is InChI=1S/C13H19N3O2S/c17-19(18,15-13-5-7-14-9-13)16-8-6-11-3-1-2-4-12(11)10-16/h1-4,13-15H,5-10H2/t13-/m0/s1. The molecule has 2 heterocycles. The van der Waals surface area contributed by atoms with E-state index in [1.165, 1.54) is 5.56 Å². The molecular weight excluding hydrogens is 262 g/mol. The van der Waals surface area contributed by atoms with Crippen LogP contribution in [0.1, 0.15) is 17.5 Å². The molecule has 1 fully saturated rings. The molecule has 0 aliphatic carbocycles. The molecule has 1 saturated heterocycles. The van der Waals surface area contributed by atoms with Gasteiger partial charge in [0.1, 0.15) is 0 Å². The van der Waals surface area contributed by atoms with E-state index in [-0.39, 0.29) is 6.04 Å². The molecule has 0 saturated carbocycles. The first-order valence-corrected chi connectivity index (χ1v) is 8.14. The lowest BCUT2D eigenvalue weighted by Gasteiger charge is -2.29. The zero-order valence-corrected chi connectivity index (χ0v) is 11.6. The maximum Gasteiger partial charge on any atom is 0.280 e. The molecule has 104 valence electrons. The van der Waals surface area contributed by atoms with Gasteiger partial charge in [-0.1, -0.05) is 24.3 Å². The molecule has 6 heteroatoms. The fraction of sp³-hybridized carbons (Fsp3) is 0.538. The zero-order chi connectivity index (χ0) is 13.3. The van der Waals surface area contributed by atoms with Crippen LogP contribution in [0.2, 0.25) is 0 Å². The highest BCUT2D eigenvalue weighted by Gasteiger charge is 2.29. The van der Waals surface area contributed by atoms with Crippen LogP contribution in [-0.2, 0) is 23.2 Å². The van der Waals surface area contributed by atoms with Gasteiger partial charge < -0.3 is 5.32 Å². The third kappa shape index (κ3) is 2.81. The van der Waals surface area contributed by atoms with Gasteiger partial charge in [-0.3, -0.25) is 0 Å². The van der Waals surface area contributed by atoms with Gasteiger partial charge in [-0.25, -0.2) is 0 Å². The van der Waals surface area contributed by atoms with Crippen molar-refractivity contribution in [2.75, 3.05) is 19.6 Å². The molecule has 5 nitrogen and oxygen atoms in total. The summed E-state index contributed by atoms with van der Waals surface area (Å²) in [6, 6.07) is 8.08. The first kappa shape index (κ1) is 13.1. The maximum atomic E-state index is 12.3. The molecule has 0 radical (unpaired) electrons. The summed E-state index contributed by atoms with van der Waals surface area (Å²) >= 11 is 0. The molecule has 2 aliphatic rings. The number of nitrogens with zero attached hydrogens (tertiary/aromatic N) is 1. The fourth-order valence-corrected chi connectivity index (χ4v) is 4.13. The molecule has 1 aromatic rings. The third-order valence-electron chi connectivity index (χ3n) is 3.81. The summed E-state index contributed by atoms with van der Waals surface area (Å²) in [6.07, 6.45) is 1.66. The van der Waals surface area contributed by atoms with E-state index in [4.69, 9.17) is 0 Å². The number of rotatable bonds is 3. The minimum Gasteiger partial charge on any atom is -0.315 e. The van der Waals surface area contributed by atoms with E-state index in [1.54, 1.807) is 4.31 Å². The van der Waals surface area contributed by atoms with Crippen molar-refractivity contribution in [3.05, 3.63) is 35.4 Å². The summed E-state index contributed by atoms with van der Waals surface area (Å²) in [4.78, 5) is 0. The first-order valence-electron chi connectivity index (χ1n) is 6.70. The third-order valence-corrected chi connectivity index (χ3v) is 5.43. The topological polar surface area (TPSA) is 61.4 Å². The predicted molar refractivity (Wildman–Crippen MR) is 73.9 cm³/mol. The first-order chi connectivity index (χ1) is 9.15. The van der Waals surface area contributed by atoms with Gasteiger partial charge in [-0.2, -0.15) is 17.4 Å². The van der Waals surface area contributed by atoms with Crippen LogP contribution in [0.3, 0.4) is 0 Å². The van der Waals surface area contributed by atoms with Gasteiger partial charge in [0.05, 0.1) is 0 Å². The number of benzene rings is 1. The van der Waals surface area contributed by atoms with Crippen molar-refractivity contribution in [3.63, 3.8) is 0 Å². The van der Waals surface area contributed by atoms with Crippen molar-refractivity contribution in [1.29, 1.82) is 0 Å². The Kier molecular flexibility index (Phi) is 3.58. The minimum atomic E-state index is -3.37. The monoisotopic (exact) mass is 281 g/mol. The normalized spacial score (nSPS) is 24.3. The molecular formula is C13H19N3O2S. The van der Waals surface area contributed by atoms with E-state index < -0.39 is 10.2 Å². The smallest absolute Gasteiger partial charge is 0.280 e. The number of fused-ring (bicyclic) bond motifs is 1. The zero-order valence-electron chi connectivity index (χ0n) is 10.8. The van der Waals surface area contributed by atoms with Crippen molar-refractivity contribution in [3.8, 4) is 0 Å². The molecule has 2 aliphatic heterocycles. The lowest BCUT2D eigenvalue weighted by Crippen LogP contribution is -2.47. The average Bonchev–Trinajstić information content (AvgIpc) is 2.90. The van der Waals surface area contributed by atoms with Gasteiger partial charge >= 0.3 is 0 Å². The highest BCUT2D eigenvalue weighted by molar-refractivity contribution is 7.87. The summed E-state index contributed by atoms with van der Waals surface area (Å²) in [6.45, 7) is 2.65. The van der Waals surface area contributed by atoms with Crippen molar-refractivity contribution in [1.82, 2.24) is 14.3 Å². The molecule has 0 amide bonds. The van der Waals surface area contributed by atoms with Gasteiger partial charge in [-0.15, -0.1) is 0 Å². The van der Waals surface area contributed by atoms with Gasteiger partial charge in [0.15, 0.2) is 0 Å². The maximum absolute atomic E-state index is 12.3. The lowest BCUT2D eigenvalue weighted by molar-refractivity contribution is 0.379. The van der Waals surface area contributed by atoms with Crippen molar-refractivity contribution in [2.45, 2.75) is 25.4 Å². The lowest BCUT2D eigenvalue weighted by atomic mass is 10.0. The summed E-state index contributed by atoms with van der Waals surface area (Å²) in [5.41, 5.74) is 2.38. The Morgan fingerprint density at radius 3 is 2.79 bits per heavy atom. The molecule has 3 rings (SSSR count). The number of hydrogen-bond donors (Lipinski definition) is 2. The highest BCUT2D eigenvalue weighted by Crippen LogP contribution is 2.20. The molecule has 2 N–H and O–H groups in total. The number of nitrogens with one attached hydrogen (secondary N) is 2. The minimum absolute atomic E-state index is 0.0298. The van der Waals surface area contributed by atoms with E-state index in [1.807, 2.05) is 18.2 Å². The largest absolute Gasteiger partial charge is 0.315 e. The molecule has 1 atom stereocenters. The van der Waals surface area contributed by atoms with E-state index in [0.717, 1.165) is 31.5 Å². The SMILES string of the molecule is O=S(=O)(N[C@H]1CCNC1)N1CCc2ccccc2C1. The Balaban J connectivity index is 1.72. The second-order valence-corrected chi connectivity index (χ2v) is 6.87. The molecule has 0 bridgehead atoms. The van der Waals surface area contributed by atoms with Crippen LogP contribution >= 0.6 is 0 Å². The van der Waals surface area contributed by atoms with E-state index >= 15 is 0 Å². The van der Waals surface area contributed by atoms with Gasteiger partial charge in [0.25, 0.3) is 10.2 Å². The van der Waals surface area contributed by atoms with Gasteiger partial charge in [0, 0.05) is 25.7 Å². The second-order valence-electron chi connectivity index (χ2n) is 5.16. The summed E-state index contributed by atoms with van der Waals surface area (Å²) in [5, 5.41) is 3.17. The quantitative estimate of drug-likeness (QED) is 0.834. The van der Waals surface area contributed by atoms with E-state index in [2.05, 4.69) is 16.1 Å². The second kappa shape index (κ2) is 5.20. The van der Waals surface area contributed by atoms with Crippen LogP contribution in [-0.4, -0.2) is 38.4 Å². The molecule has 0 aromatic heterocycles. The Hall–Kier alpha value is -0.950. The highest BCUT2D eigenvalue weighted by atomic mass is 32.2. The summed E-state index contributed by atoms with van der Waals surface area (Å²) in [7, 11) is -3.37. The van der Waals surface area contributed by atoms with Crippen LogP contribution in [0.15, 0.2) is 24.3 Å². The van der Waals surface area contributed by atoms with Gasteiger partial charge in [0.2, 0.25) is 0 Å². The average molecular weight is 281 g/mol. The van der Waals surface area contributed by atoms with Crippen molar-refractivity contribution >= 4 is 10.2 Å². The Morgan fingerprint density at radius 2 is 2.05 bits per heavy atom. The Morgan fingerprint density at radius 1 is 1.26 bits per heavy atom. The predicted octanol–water partition coefficient (Wildman–Crippen LogP) is 0.241. The fourth-order valence-electron chi connectivity index (χ4n) is 2.72. The van der Waals surface area contributed by atoms with Crippen LogP contribution in [0.25, 0.3) is 0 Å². The molecule has 0 spiro atoms. The van der Waals surface area contributed by atoms with Crippen LogP contribution in [0, 0.1) is 0 Å². The molecule has 0 unspecified atom stereocenters. The van der Waals surface area contributed by atoms with Crippen molar-refractivity contribution in [2.24, 2.45) is 0 Å². The molecule has 1 aromatic carbocycles. The summed E-state index contributed by atoms with van der Waals surface area (Å²) < 4.78 is 29.0.